The number of ether oxygens (including phenoxy) is 1. The van der Waals surface area contributed by atoms with Crippen LogP contribution in [0.2, 0.25) is 0 Å². The van der Waals surface area contributed by atoms with Gasteiger partial charge >= 0.3 is 5.97 Å². The molecule has 1 unspecified atom stereocenters. The first-order chi connectivity index (χ1) is 15.0. The van der Waals surface area contributed by atoms with Crippen LogP contribution in [0.3, 0.4) is 0 Å². The molecule has 5 heteroatoms. The second-order valence-corrected chi connectivity index (χ2v) is 9.03. The Labute approximate surface area is 191 Å². The number of thiophene rings is 1. The van der Waals surface area contributed by atoms with Crippen molar-refractivity contribution in [2.75, 3.05) is 7.11 Å². The van der Waals surface area contributed by atoms with E-state index in [-0.39, 0.29) is 0 Å². The summed E-state index contributed by atoms with van der Waals surface area (Å²) in [7, 11) is 1.64. The van der Waals surface area contributed by atoms with Crippen LogP contribution in [0.15, 0.2) is 95.7 Å². The Morgan fingerprint density at radius 1 is 1.06 bits per heavy atom. The van der Waals surface area contributed by atoms with Gasteiger partial charge in [0, 0.05) is 9.78 Å². The topological polar surface area (TPSA) is 46.5 Å². The van der Waals surface area contributed by atoms with Crippen molar-refractivity contribution in [1.29, 1.82) is 0 Å². The lowest BCUT2D eigenvalue weighted by Crippen LogP contribution is -2.07. The van der Waals surface area contributed by atoms with Gasteiger partial charge in [0.2, 0.25) is 0 Å². The Morgan fingerprint density at radius 3 is 2.35 bits per heavy atom. The van der Waals surface area contributed by atoms with Gasteiger partial charge in [-0.05, 0) is 64.9 Å². The van der Waals surface area contributed by atoms with E-state index in [1.54, 1.807) is 18.4 Å². The van der Waals surface area contributed by atoms with Crippen LogP contribution in [0.25, 0.3) is 11.1 Å². The van der Waals surface area contributed by atoms with Crippen LogP contribution in [0.1, 0.15) is 28.2 Å². The zero-order chi connectivity index (χ0) is 22.2. The van der Waals surface area contributed by atoms with Crippen LogP contribution in [0.4, 0.5) is 0 Å². The summed E-state index contributed by atoms with van der Waals surface area (Å²) in [5, 5.41) is 11.1. The molecular weight excluding hydrogens is 424 g/mol. The van der Waals surface area contributed by atoms with Crippen molar-refractivity contribution in [2.45, 2.75) is 12.2 Å². The van der Waals surface area contributed by atoms with Crippen LogP contribution in [-0.4, -0.2) is 18.2 Å². The fourth-order valence-corrected chi connectivity index (χ4v) is 4.64. The lowest BCUT2D eigenvalue weighted by Gasteiger charge is -2.14. The van der Waals surface area contributed by atoms with Gasteiger partial charge in [-0.25, -0.2) is 0 Å². The van der Waals surface area contributed by atoms with Crippen LogP contribution in [0.5, 0.6) is 5.75 Å². The molecule has 0 aliphatic carbocycles. The van der Waals surface area contributed by atoms with Crippen molar-refractivity contribution in [1.82, 2.24) is 0 Å². The van der Waals surface area contributed by atoms with Gasteiger partial charge in [-0.1, -0.05) is 55.1 Å². The Morgan fingerprint density at radius 2 is 1.77 bits per heavy atom. The molecule has 0 saturated carbocycles. The molecule has 0 spiro atoms. The maximum absolute atomic E-state index is 11.9. The standard InChI is InChI=1S/C26H24O3S2/c1-18(24-10-7-15-30-24)16-22(20-11-13-23(29-3)14-12-20)17-19(2)31-25(26(27)28)21-8-5-4-6-9-21/h4-17,25H,2H2,1,3H3,(H,27,28)/b18-16+,22-17+. The van der Waals surface area contributed by atoms with E-state index in [0.29, 0.717) is 4.91 Å². The van der Waals surface area contributed by atoms with E-state index >= 15 is 0 Å². The summed E-state index contributed by atoms with van der Waals surface area (Å²) in [6.07, 6.45) is 4.06. The lowest BCUT2D eigenvalue weighted by atomic mass is 10.0. The number of aliphatic carboxylic acids is 1. The molecule has 158 valence electrons. The summed E-state index contributed by atoms with van der Waals surface area (Å²) in [5.74, 6) is -0.104. The van der Waals surface area contributed by atoms with E-state index in [4.69, 9.17) is 4.74 Å². The van der Waals surface area contributed by atoms with E-state index < -0.39 is 11.2 Å². The van der Waals surface area contributed by atoms with Crippen molar-refractivity contribution < 1.29 is 14.6 Å². The first-order valence-corrected chi connectivity index (χ1v) is 11.5. The van der Waals surface area contributed by atoms with Crippen LogP contribution >= 0.6 is 23.1 Å². The Hall–Kier alpha value is -3.02. The second-order valence-electron chi connectivity index (χ2n) is 6.85. The molecule has 0 aliphatic heterocycles. The van der Waals surface area contributed by atoms with E-state index in [1.807, 2.05) is 66.7 Å². The fourth-order valence-electron chi connectivity index (χ4n) is 3.05. The van der Waals surface area contributed by atoms with Crippen LogP contribution in [0, 0.1) is 0 Å². The molecule has 3 rings (SSSR count). The number of thioether (sulfide) groups is 1. The Kier molecular flexibility index (Phi) is 7.93. The zero-order valence-corrected chi connectivity index (χ0v) is 19.1. The number of carboxylic acids is 1. The van der Waals surface area contributed by atoms with Crippen LogP contribution < -0.4 is 4.74 Å². The highest BCUT2D eigenvalue weighted by Gasteiger charge is 2.21. The van der Waals surface area contributed by atoms with E-state index in [1.165, 1.54) is 16.6 Å². The zero-order valence-electron chi connectivity index (χ0n) is 17.4. The smallest absolute Gasteiger partial charge is 0.321 e. The molecule has 0 bridgehead atoms. The van der Waals surface area contributed by atoms with Crippen molar-refractivity contribution in [3.63, 3.8) is 0 Å². The number of carbonyl (C=O) groups is 1. The number of methoxy groups -OCH3 is 1. The monoisotopic (exact) mass is 448 g/mol. The van der Waals surface area contributed by atoms with Crippen molar-refractivity contribution in [3.05, 3.63) is 112 Å². The molecule has 3 nitrogen and oxygen atoms in total. The molecule has 1 aromatic heterocycles. The summed E-state index contributed by atoms with van der Waals surface area (Å²) >= 11 is 2.92. The minimum Gasteiger partial charge on any atom is -0.497 e. The van der Waals surface area contributed by atoms with Gasteiger partial charge in [0.05, 0.1) is 7.11 Å². The van der Waals surface area contributed by atoms with E-state index in [9.17, 15) is 9.90 Å². The maximum Gasteiger partial charge on any atom is 0.321 e. The molecule has 31 heavy (non-hydrogen) atoms. The normalized spacial score (nSPS) is 13.0. The Balaban J connectivity index is 1.94. The highest BCUT2D eigenvalue weighted by atomic mass is 32.2. The van der Waals surface area contributed by atoms with Gasteiger partial charge in [-0.2, -0.15) is 0 Å². The SMILES string of the molecule is C=C(/C=C(\C=C(/C)c1cccs1)c1ccc(OC)cc1)SC(C(=O)O)c1ccccc1. The average Bonchev–Trinajstić information content (AvgIpc) is 3.33. The highest BCUT2D eigenvalue weighted by Crippen LogP contribution is 2.37. The summed E-state index contributed by atoms with van der Waals surface area (Å²) in [6, 6.07) is 21.2. The summed E-state index contributed by atoms with van der Waals surface area (Å²) in [4.78, 5) is 13.8. The van der Waals surface area contributed by atoms with Gasteiger partial charge in [0.25, 0.3) is 0 Å². The lowest BCUT2D eigenvalue weighted by molar-refractivity contribution is -0.136. The molecular formula is C26H24O3S2. The van der Waals surface area contributed by atoms with Gasteiger partial charge in [-0.3, -0.25) is 4.79 Å². The number of allylic oxidation sites excluding steroid dienone is 4. The minimum absolute atomic E-state index is 0.678. The average molecular weight is 449 g/mol. The number of carboxylic acid groups (broad SMARTS) is 1. The third-order valence-electron chi connectivity index (χ3n) is 4.62. The summed E-state index contributed by atoms with van der Waals surface area (Å²) in [6.45, 7) is 6.22. The molecule has 1 atom stereocenters. The quantitative estimate of drug-likeness (QED) is 0.348. The van der Waals surface area contributed by atoms with Gasteiger partial charge in [0.1, 0.15) is 11.0 Å². The van der Waals surface area contributed by atoms with Gasteiger partial charge < -0.3 is 9.84 Å². The molecule has 1 heterocycles. The first-order valence-electron chi connectivity index (χ1n) is 9.69. The van der Waals surface area contributed by atoms with E-state index in [0.717, 1.165) is 28.0 Å². The molecule has 0 aliphatic rings. The largest absolute Gasteiger partial charge is 0.497 e. The van der Waals surface area contributed by atoms with Crippen LogP contribution in [-0.2, 0) is 4.79 Å². The summed E-state index contributed by atoms with van der Waals surface area (Å²) < 4.78 is 5.28. The Bertz CT molecular complexity index is 1080. The minimum atomic E-state index is -0.887. The predicted octanol–water partition coefficient (Wildman–Crippen LogP) is 7.32. The molecule has 0 radical (unpaired) electrons. The molecule has 0 fully saturated rings. The molecule has 3 aromatic rings. The highest BCUT2D eigenvalue weighted by molar-refractivity contribution is 8.04. The van der Waals surface area contributed by atoms with Gasteiger partial charge in [0.15, 0.2) is 0 Å². The number of hydrogen-bond acceptors (Lipinski definition) is 4. The maximum atomic E-state index is 11.9. The first kappa shape index (κ1) is 22.7. The van der Waals surface area contributed by atoms with Crippen molar-refractivity contribution >= 4 is 40.2 Å². The molecule has 0 amide bonds. The molecule has 2 aromatic carbocycles. The number of hydrogen-bond donors (Lipinski definition) is 1. The number of benzene rings is 2. The van der Waals surface area contributed by atoms with E-state index in [2.05, 4.69) is 31.0 Å². The third kappa shape index (κ3) is 6.23. The van der Waals surface area contributed by atoms with Crippen molar-refractivity contribution in [3.8, 4) is 5.75 Å². The van der Waals surface area contributed by atoms with Crippen molar-refractivity contribution in [2.24, 2.45) is 0 Å². The fraction of sp³-hybridized carbons (Fsp3) is 0.115. The third-order valence-corrected chi connectivity index (χ3v) is 6.75. The predicted molar refractivity (Wildman–Crippen MR) is 132 cm³/mol. The second kappa shape index (κ2) is 10.8. The summed E-state index contributed by atoms with van der Waals surface area (Å²) in [5.41, 5.74) is 3.84. The molecule has 1 N–H and O–H groups in total. The number of rotatable bonds is 9. The molecule has 0 saturated heterocycles. The van der Waals surface area contributed by atoms with Gasteiger partial charge in [-0.15, -0.1) is 23.1 Å².